The number of thiophene rings is 1. The standard InChI is InChI=1S/C20H14BrFO2S/c21-16-7-3-15(4-8-16)13-24-20(23)18(19-2-1-11-25-19)12-14-5-9-17(22)10-6-14/h1-12H,13H2. The maximum absolute atomic E-state index is 13.1. The van der Waals surface area contributed by atoms with Crippen molar-refractivity contribution in [3.05, 3.63) is 92.3 Å². The average Bonchev–Trinajstić information content (AvgIpc) is 3.15. The van der Waals surface area contributed by atoms with Gasteiger partial charge in [0, 0.05) is 9.35 Å². The summed E-state index contributed by atoms with van der Waals surface area (Å²) in [6, 6.07) is 17.3. The Labute approximate surface area is 157 Å². The molecule has 0 aliphatic rings. The summed E-state index contributed by atoms with van der Waals surface area (Å²) in [7, 11) is 0. The van der Waals surface area contributed by atoms with E-state index in [2.05, 4.69) is 15.9 Å². The van der Waals surface area contributed by atoms with Crippen LogP contribution in [-0.2, 0) is 16.1 Å². The number of ether oxygens (including phenoxy) is 1. The van der Waals surface area contributed by atoms with E-state index < -0.39 is 5.97 Å². The summed E-state index contributed by atoms with van der Waals surface area (Å²) in [6.07, 6.45) is 1.72. The van der Waals surface area contributed by atoms with Gasteiger partial charge in [0.25, 0.3) is 0 Å². The lowest BCUT2D eigenvalue weighted by molar-refractivity contribution is -0.137. The van der Waals surface area contributed by atoms with Gasteiger partial charge in [-0.25, -0.2) is 9.18 Å². The molecule has 1 aromatic heterocycles. The molecule has 0 bridgehead atoms. The molecule has 0 fully saturated rings. The molecule has 2 nitrogen and oxygen atoms in total. The summed E-state index contributed by atoms with van der Waals surface area (Å²) in [6.45, 7) is 0.193. The van der Waals surface area contributed by atoms with E-state index in [0.717, 1.165) is 20.5 Å². The molecule has 25 heavy (non-hydrogen) atoms. The Morgan fingerprint density at radius 1 is 1.08 bits per heavy atom. The van der Waals surface area contributed by atoms with Gasteiger partial charge in [-0.1, -0.05) is 46.3 Å². The third-order valence-corrected chi connectivity index (χ3v) is 4.90. The molecule has 5 heteroatoms. The zero-order valence-electron chi connectivity index (χ0n) is 13.1. The molecule has 0 N–H and O–H groups in total. The lowest BCUT2D eigenvalue weighted by Crippen LogP contribution is -2.06. The highest BCUT2D eigenvalue weighted by Gasteiger charge is 2.15. The molecule has 0 saturated carbocycles. The fraction of sp³-hybridized carbons (Fsp3) is 0.0500. The van der Waals surface area contributed by atoms with Crippen molar-refractivity contribution in [2.45, 2.75) is 6.61 Å². The van der Waals surface area contributed by atoms with E-state index in [9.17, 15) is 9.18 Å². The Hall–Kier alpha value is -2.24. The van der Waals surface area contributed by atoms with Crippen LogP contribution in [0, 0.1) is 5.82 Å². The SMILES string of the molecule is O=C(OCc1ccc(Br)cc1)C(=Cc1ccc(F)cc1)c1cccs1. The molecular formula is C20H14BrFO2S. The predicted octanol–water partition coefficient (Wildman–Crippen LogP) is 5.93. The monoisotopic (exact) mass is 416 g/mol. The molecule has 0 spiro atoms. The van der Waals surface area contributed by atoms with E-state index in [4.69, 9.17) is 4.74 Å². The van der Waals surface area contributed by atoms with Crippen LogP contribution in [0.5, 0.6) is 0 Å². The maximum atomic E-state index is 13.1. The molecule has 0 aliphatic heterocycles. The van der Waals surface area contributed by atoms with Gasteiger partial charge in [-0.05, 0) is 52.9 Å². The number of carbonyl (C=O) groups is 1. The lowest BCUT2D eigenvalue weighted by Gasteiger charge is -2.08. The van der Waals surface area contributed by atoms with Gasteiger partial charge in [0.1, 0.15) is 12.4 Å². The molecular weight excluding hydrogens is 403 g/mol. The van der Waals surface area contributed by atoms with Crippen molar-refractivity contribution in [1.82, 2.24) is 0 Å². The van der Waals surface area contributed by atoms with Crippen LogP contribution >= 0.6 is 27.3 Å². The molecule has 0 radical (unpaired) electrons. The van der Waals surface area contributed by atoms with Crippen LogP contribution in [0.25, 0.3) is 11.6 Å². The fourth-order valence-electron chi connectivity index (χ4n) is 2.20. The first kappa shape index (κ1) is 17.6. The van der Waals surface area contributed by atoms with Crippen LogP contribution in [0.1, 0.15) is 16.0 Å². The summed E-state index contributed by atoms with van der Waals surface area (Å²) in [5.74, 6) is -0.720. The van der Waals surface area contributed by atoms with Crippen LogP contribution < -0.4 is 0 Å². The molecule has 0 atom stereocenters. The number of esters is 1. The Morgan fingerprint density at radius 2 is 1.80 bits per heavy atom. The fourth-order valence-corrected chi connectivity index (χ4v) is 3.19. The van der Waals surface area contributed by atoms with Gasteiger partial charge in [0.2, 0.25) is 0 Å². The second-order valence-corrected chi connectivity index (χ2v) is 7.15. The van der Waals surface area contributed by atoms with Gasteiger partial charge >= 0.3 is 5.97 Å². The first-order chi connectivity index (χ1) is 12.1. The van der Waals surface area contributed by atoms with Crippen molar-refractivity contribution in [3.8, 4) is 0 Å². The number of halogens is 2. The summed E-state index contributed by atoms with van der Waals surface area (Å²) < 4.78 is 19.5. The first-order valence-corrected chi connectivity index (χ1v) is 9.22. The van der Waals surface area contributed by atoms with E-state index in [1.807, 2.05) is 41.8 Å². The summed E-state index contributed by atoms with van der Waals surface area (Å²) in [5.41, 5.74) is 2.10. The van der Waals surface area contributed by atoms with E-state index in [0.29, 0.717) is 5.57 Å². The Bertz CT molecular complexity index is 869. The summed E-state index contributed by atoms with van der Waals surface area (Å²) >= 11 is 4.83. The average molecular weight is 417 g/mol. The Kier molecular flexibility index (Phi) is 5.79. The van der Waals surface area contributed by atoms with Gasteiger partial charge in [0.05, 0.1) is 5.57 Å². The highest BCUT2D eigenvalue weighted by molar-refractivity contribution is 9.10. The lowest BCUT2D eigenvalue weighted by atomic mass is 10.1. The third kappa shape index (κ3) is 4.87. The van der Waals surface area contributed by atoms with Crippen LogP contribution in [-0.4, -0.2) is 5.97 Å². The van der Waals surface area contributed by atoms with Crippen molar-refractivity contribution >= 4 is 44.9 Å². The minimum absolute atomic E-state index is 0.193. The van der Waals surface area contributed by atoms with Gasteiger partial charge in [-0.15, -0.1) is 11.3 Å². The van der Waals surface area contributed by atoms with Gasteiger partial charge in [-0.3, -0.25) is 0 Å². The van der Waals surface area contributed by atoms with Crippen LogP contribution in [0.2, 0.25) is 0 Å². The molecule has 126 valence electrons. The maximum Gasteiger partial charge on any atom is 0.339 e. The van der Waals surface area contributed by atoms with Gasteiger partial charge in [-0.2, -0.15) is 0 Å². The molecule has 0 saturated heterocycles. The molecule has 1 heterocycles. The van der Waals surface area contributed by atoms with E-state index in [-0.39, 0.29) is 12.4 Å². The number of hydrogen-bond acceptors (Lipinski definition) is 3. The van der Waals surface area contributed by atoms with Crippen LogP contribution in [0.3, 0.4) is 0 Å². The first-order valence-electron chi connectivity index (χ1n) is 7.54. The second-order valence-electron chi connectivity index (χ2n) is 5.29. The molecule has 2 aromatic carbocycles. The van der Waals surface area contributed by atoms with E-state index in [1.165, 1.54) is 23.5 Å². The van der Waals surface area contributed by atoms with Crippen LogP contribution in [0.4, 0.5) is 4.39 Å². The molecule has 0 amide bonds. The Morgan fingerprint density at radius 3 is 2.44 bits per heavy atom. The summed E-state index contributed by atoms with van der Waals surface area (Å²) in [5, 5.41) is 1.90. The second kappa shape index (κ2) is 8.23. The number of hydrogen-bond donors (Lipinski definition) is 0. The highest BCUT2D eigenvalue weighted by Crippen LogP contribution is 2.25. The normalized spacial score (nSPS) is 11.4. The molecule has 0 unspecified atom stereocenters. The van der Waals surface area contributed by atoms with E-state index in [1.54, 1.807) is 18.2 Å². The predicted molar refractivity (Wildman–Crippen MR) is 103 cm³/mol. The van der Waals surface area contributed by atoms with Crippen molar-refractivity contribution < 1.29 is 13.9 Å². The van der Waals surface area contributed by atoms with E-state index >= 15 is 0 Å². The Balaban J connectivity index is 1.80. The smallest absolute Gasteiger partial charge is 0.339 e. The zero-order chi connectivity index (χ0) is 17.6. The number of benzene rings is 2. The van der Waals surface area contributed by atoms with Crippen molar-refractivity contribution in [2.24, 2.45) is 0 Å². The number of carbonyl (C=O) groups excluding carboxylic acids is 1. The quantitative estimate of drug-likeness (QED) is 0.380. The van der Waals surface area contributed by atoms with Crippen molar-refractivity contribution in [2.75, 3.05) is 0 Å². The van der Waals surface area contributed by atoms with Gasteiger partial charge in [0.15, 0.2) is 0 Å². The summed E-state index contributed by atoms with van der Waals surface area (Å²) in [4.78, 5) is 13.4. The minimum atomic E-state index is -0.408. The van der Waals surface area contributed by atoms with Gasteiger partial charge < -0.3 is 4.74 Å². The third-order valence-electron chi connectivity index (χ3n) is 3.47. The topological polar surface area (TPSA) is 26.3 Å². The van der Waals surface area contributed by atoms with Crippen LogP contribution in [0.15, 0.2) is 70.5 Å². The largest absolute Gasteiger partial charge is 0.457 e. The zero-order valence-corrected chi connectivity index (χ0v) is 15.5. The number of rotatable bonds is 5. The highest BCUT2D eigenvalue weighted by atomic mass is 79.9. The van der Waals surface area contributed by atoms with Crippen molar-refractivity contribution in [1.29, 1.82) is 0 Å². The molecule has 3 aromatic rings. The minimum Gasteiger partial charge on any atom is -0.457 e. The molecule has 0 aliphatic carbocycles. The molecule has 3 rings (SSSR count). The van der Waals surface area contributed by atoms with Crippen molar-refractivity contribution in [3.63, 3.8) is 0 Å².